The first-order valence-electron chi connectivity index (χ1n) is 9.65. The lowest BCUT2D eigenvalue weighted by molar-refractivity contribution is -0.137. The van der Waals surface area contributed by atoms with E-state index in [1.807, 2.05) is 49.3 Å². The van der Waals surface area contributed by atoms with Gasteiger partial charge in [-0.05, 0) is 63.8 Å². The number of piperidine rings is 1. The third kappa shape index (κ3) is 4.62. The minimum absolute atomic E-state index is 0.160. The number of carbonyl (C=O) groups excluding carboxylic acids is 1. The predicted octanol–water partition coefficient (Wildman–Crippen LogP) is 4.32. The molecule has 2 aromatic rings. The van der Waals surface area contributed by atoms with E-state index >= 15 is 0 Å². The highest BCUT2D eigenvalue weighted by Crippen LogP contribution is 2.45. The van der Waals surface area contributed by atoms with E-state index in [0.29, 0.717) is 25.9 Å². The smallest absolute Gasteiger partial charge is 0.326 e. The number of hydrogen-bond donors (Lipinski definition) is 2. The summed E-state index contributed by atoms with van der Waals surface area (Å²) < 4.78 is 39.2. The fourth-order valence-corrected chi connectivity index (χ4v) is 4.27. The number of benzene rings is 2. The molecule has 0 bridgehead atoms. The van der Waals surface area contributed by atoms with E-state index in [9.17, 15) is 18.0 Å². The van der Waals surface area contributed by atoms with Crippen LogP contribution in [0.3, 0.4) is 0 Å². The zero-order chi connectivity index (χ0) is 21.1. The first kappa shape index (κ1) is 21.3. The average Bonchev–Trinajstić information content (AvgIpc) is 2.69. The van der Waals surface area contributed by atoms with Crippen LogP contribution >= 0.6 is 0 Å². The van der Waals surface area contributed by atoms with Gasteiger partial charge < -0.3 is 15.5 Å². The molecule has 1 fully saturated rings. The molecule has 0 spiro atoms. The minimum atomic E-state index is -4.45. The van der Waals surface area contributed by atoms with Crippen molar-refractivity contribution < 1.29 is 18.0 Å². The molecular formula is C22H26F3N3O. The van der Waals surface area contributed by atoms with Crippen LogP contribution in [0.5, 0.6) is 0 Å². The van der Waals surface area contributed by atoms with Crippen LogP contribution < -0.4 is 10.6 Å². The van der Waals surface area contributed by atoms with Crippen molar-refractivity contribution in [1.29, 1.82) is 0 Å². The van der Waals surface area contributed by atoms with Crippen molar-refractivity contribution in [2.24, 2.45) is 5.41 Å². The van der Waals surface area contributed by atoms with E-state index in [-0.39, 0.29) is 17.6 Å². The maximum Gasteiger partial charge on any atom is 0.416 e. The molecule has 2 aromatic carbocycles. The van der Waals surface area contributed by atoms with Crippen LogP contribution in [0.15, 0.2) is 54.6 Å². The van der Waals surface area contributed by atoms with E-state index < -0.39 is 17.2 Å². The van der Waals surface area contributed by atoms with Crippen LogP contribution in [-0.2, 0) is 11.0 Å². The number of alkyl halides is 3. The third-order valence-electron chi connectivity index (χ3n) is 5.55. The summed E-state index contributed by atoms with van der Waals surface area (Å²) in [4.78, 5) is 15.5. The molecular weight excluding hydrogens is 379 g/mol. The van der Waals surface area contributed by atoms with Crippen molar-refractivity contribution in [2.45, 2.75) is 25.1 Å². The highest BCUT2D eigenvalue weighted by molar-refractivity contribution is 5.96. The van der Waals surface area contributed by atoms with E-state index in [2.05, 4.69) is 10.6 Å². The fourth-order valence-electron chi connectivity index (χ4n) is 4.27. The first-order chi connectivity index (χ1) is 13.7. The van der Waals surface area contributed by atoms with Gasteiger partial charge in [0.25, 0.3) is 0 Å². The van der Waals surface area contributed by atoms with Gasteiger partial charge in [-0.3, -0.25) is 4.79 Å². The first-order valence-corrected chi connectivity index (χ1v) is 9.65. The Morgan fingerprint density at radius 2 is 1.72 bits per heavy atom. The van der Waals surface area contributed by atoms with E-state index in [1.54, 1.807) is 0 Å². The number of carbonyl (C=O) groups is 1. The fraction of sp³-hybridized carbons (Fsp3) is 0.409. The van der Waals surface area contributed by atoms with Crippen LogP contribution in [-0.4, -0.2) is 38.0 Å². The standard InChI is InChI=1S/C22H26F3N3O/c1-28(2)19(16-7-4-3-5-8-16)21(11-13-26-14-12-21)20(29)27-18-10-6-9-17(15-18)22(23,24)25/h3-10,15,19,26H,11-14H2,1-2H3,(H,27,29). The lowest BCUT2D eigenvalue weighted by atomic mass is 9.69. The van der Waals surface area contributed by atoms with E-state index in [4.69, 9.17) is 0 Å². The number of nitrogens with one attached hydrogen (secondary N) is 2. The Labute approximate surface area is 169 Å². The maximum absolute atomic E-state index is 13.5. The molecule has 2 N–H and O–H groups in total. The van der Waals surface area contributed by atoms with Crippen molar-refractivity contribution in [3.63, 3.8) is 0 Å². The van der Waals surface area contributed by atoms with Gasteiger partial charge in [0.2, 0.25) is 5.91 Å². The topological polar surface area (TPSA) is 44.4 Å². The number of anilines is 1. The van der Waals surface area contributed by atoms with Crippen LogP contribution in [0.1, 0.15) is 30.0 Å². The molecule has 0 saturated carbocycles. The second-order valence-electron chi connectivity index (χ2n) is 7.72. The van der Waals surface area contributed by atoms with Gasteiger partial charge in [-0.1, -0.05) is 36.4 Å². The highest BCUT2D eigenvalue weighted by Gasteiger charge is 2.48. The Morgan fingerprint density at radius 1 is 1.07 bits per heavy atom. The van der Waals surface area contributed by atoms with Gasteiger partial charge in [-0.15, -0.1) is 0 Å². The molecule has 1 amide bonds. The highest BCUT2D eigenvalue weighted by atomic mass is 19.4. The molecule has 0 radical (unpaired) electrons. The van der Waals surface area contributed by atoms with Crippen LogP contribution in [0.4, 0.5) is 18.9 Å². The molecule has 3 rings (SSSR count). The Balaban J connectivity index is 1.97. The zero-order valence-corrected chi connectivity index (χ0v) is 16.6. The summed E-state index contributed by atoms with van der Waals surface area (Å²) in [6, 6.07) is 14.4. The molecule has 1 heterocycles. The van der Waals surface area contributed by atoms with E-state index in [1.165, 1.54) is 12.1 Å². The monoisotopic (exact) mass is 405 g/mol. The lowest BCUT2D eigenvalue weighted by Gasteiger charge is -2.45. The second-order valence-corrected chi connectivity index (χ2v) is 7.72. The second kappa shape index (κ2) is 8.55. The van der Waals surface area contributed by atoms with E-state index in [0.717, 1.165) is 17.7 Å². The molecule has 0 aromatic heterocycles. The summed E-state index contributed by atoms with van der Waals surface area (Å²) in [6.07, 6.45) is -3.27. The van der Waals surface area contributed by atoms with Crippen molar-refractivity contribution in [2.75, 3.05) is 32.5 Å². The van der Waals surface area contributed by atoms with Crippen molar-refractivity contribution >= 4 is 11.6 Å². The largest absolute Gasteiger partial charge is 0.416 e. The molecule has 4 nitrogen and oxygen atoms in total. The van der Waals surface area contributed by atoms with Crippen LogP contribution in [0.25, 0.3) is 0 Å². The molecule has 29 heavy (non-hydrogen) atoms. The number of hydrogen-bond acceptors (Lipinski definition) is 3. The van der Waals surface area contributed by atoms with Gasteiger partial charge >= 0.3 is 6.18 Å². The van der Waals surface area contributed by atoms with Gasteiger partial charge in [-0.2, -0.15) is 13.2 Å². The lowest BCUT2D eigenvalue weighted by Crippen LogP contribution is -2.52. The van der Waals surface area contributed by atoms with Gasteiger partial charge in [0, 0.05) is 11.7 Å². The Bertz CT molecular complexity index is 831. The summed E-state index contributed by atoms with van der Waals surface area (Å²) in [5.74, 6) is -0.249. The predicted molar refractivity (Wildman–Crippen MR) is 107 cm³/mol. The molecule has 1 aliphatic rings. The van der Waals surface area contributed by atoms with Crippen LogP contribution in [0, 0.1) is 5.41 Å². The quantitative estimate of drug-likeness (QED) is 0.779. The SMILES string of the molecule is CN(C)C(c1ccccc1)C1(C(=O)Nc2cccc(C(F)(F)F)c2)CCNCC1. The van der Waals surface area contributed by atoms with Gasteiger partial charge in [0.05, 0.1) is 11.0 Å². The van der Waals surface area contributed by atoms with Gasteiger partial charge in [-0.25, -0.2) is 0 Å². The summed E-state index contributed by atoms with van der Waals surface area (Å²) in [5, 5.41) is 6.06. The number of nitrogens with zero attached hydrogens (tertiary/aromatic N) is 1. The number of halogens is 3. The Morgan fingerprint density at radius 3 is 2.31 bits per heavy atom. The van der Waals surface area contributed by atoms with Crippen molar-refractivity contribution in [3.8, 4) is 0 Å². The summed E-state index contributed by atoms with van der Waals surface area (Å²) in [7, 11) is 3.86. The molecule has 7 heteroatoms. The summed E-state index contributed by atoms with van der Waals surface area (Å²) in [6.45, 7) is 1.35. The third-order valence-corrected chi connectivity index (χ3v) is 5.55. The molecule has 1 atom stereocenters. The minimum Gasteiger partial charge on any atom is -0.326 e. The summed E-state index contributed by atoms with van der Waals surface area (Å²) >= 11 is 0. The summed E-state index contributed by atoms with van der Waals surface area (Å²) in [5.41, 5.74) is -0.363. The van der Waals surface area contributed by atoms with Crippen molar-refractivity contribution in [1.82, 2.24) is 10.2 Å². The van der Waals surface area contributed by atoms with Crippen LogP contribution in [0.2, 0.25) is 0 Å². The Hall–Kier alpha value is -2.38. The number of rotatable bonds is 5. The van der Waals surface area contributed by atoms with Gasteiger partial charge in [0.1, 0.15) is 0 Å². The Kier molecular flexibility index (Phi) is 6.29. The average molecular weight is 405 g/mol. The number of amides is 1. The normalized spacial score (nSPS) is 17.7. The maximum atomic E-state index is 13.5. The van der Waals surface area contributed by atoms with Crippen molar-refractivity contribution in [3.05, 3.63) is 65.7 Å². The molecule has 1 aliphatic heterocycles. The zero-order valence-electron chi connectivity index (χ0n) is 16.6. The molecule has 156 valence electrons. The molecule has 1 unspecified atom stereocenters. The van der Waals surface area contributed by atoms with Gasteiger partial charge in [0.15, 0.2) is 0 Å². The molecule has 1 saturated heterocycles. The molecule has 0 aliphatic carbocycles.